The first-order chi connectivity index (χ1) is 10.6. The first kappa shape index (κ1) is 15.1. The minimum absolute atomic E-state index is 0.104. The van der Waals surface area contributed by atoms with Gasteiger partial charge in [0.15, 0.2) is 0 Å². The Morgan fingerprint density at radius 3 is 2.86 bits per heavy atom. The van der Waals surface area contributed by atoms with E-state index in [9.17, 15) is 9.59 Å². The molecule has 1 aliphatic heterocycles. The second-order valence-corrected chi connectivity index (χ2v) is 6.55. The van der Waals surface area contributed by atoms with Crippen LogP contribution in [0.5, 0.6) is 0 Å². The number of halogens is 1. The van der Waals surface area contributed by atoms with Crippen LogP contribution >= 0.6 is 22.9 Å². The predicted octanol–water partition coefficient (Wildman–Crippen LogP) is 2.87. The van der Waals surface area contributed by atoms with Crippen LogP contribution in [0.4, 0.5) is 5.69 Å². The summed E-state index contributed by atoms with van der Waals surface area (Å²) in [5, 5.41) is 5.30. The zero-order chi connectivity index (χ0) is 15.5. The van der Waals surface area contributed by atoms with Gasteiger partial charge in [-0.3, -0.25) is 9.59 Å². The maximum atomic E-state index is 12.5. The van der Waals surface area contributed by atoms with E-state index in [4.69, 9.17) is 11.6 Å². The molecule has 3 rings (SSSR count). The van der Waals surface area contributed by atoms with Crippen molar-refractivity contribution in [2.24, 2.45) is 0 Å². The molecule has 1 atom stereocenters. The number of carbonyl (C=O) groups is 2. The summed E-state index contributed by atoms with van der Waals surface area (Å²) in [6, 6.07) is 10.6. The van der Waals surface area contributed by atoms with E-state index < -0.39 is 6.04 Å². The number of thiophene rings is 1. The van der Waals surface area contributed by atoms with E-state index in [1.165, 1.54) is 11.3 Å². The molecule has 1 aromatic heterocycles. The number of benzene rings is 1. The van der Waals surface area contributed by atoms with Gasteiger partial charge in [-0.05, 0) is 30.0 Å². The molecule has 0 aliphatic carbocycles. The second kappa shape index (κ2) is 6.50. The van der Waals surface area contributed by atoms with E-state index in [0.717, 1.165) is 4.88 Å². The zero-order valence-electron chi connectivity index (χ0n) is 11.8. The Balaban J connectivity index is 1.64. The third kappa shape index (κ3) is 3.15. The minimum atomic E-state index is -0.469. The number of nitrogens with one attached hydrogen (secondary N) is 1. The standard InChI is InChI=1S/C16H15ClN2O2S/c17-12-5-1-2-6-14(12)19-8-7-13(16(19)21)18-15(20)10-11-4-3-9-22-11/h1-6,9,13H,7-8,10H2,(H,18,20)/t13-/m1/s1. The molecule has 4 nitrogen and oxygen atoms in total. The molecule has 114 valence electrons. The molecule has 1 fully saturated rings. The van der Waals surface area contributed by atoms with Crippen molar-refractivity contribution in [2.45, 2.75) is 18.9 Å². The van der Waals surface area contributed by atoms with Gasteiger partial charge in [-0.25, -0.2) is 0 Å². The fourth-order valence-electron chi connectivity index (χ4n) is 2.54. The van der Waals surface area contributed by atoms with Crippen LogP contribution in [0.25, 0.3) is 0 Å². The van der Waals surface area contributed by atoms with Gasteiger partial charge in [-0.1, -0.05) is 29.8 Å². The number of rotatable bonds is 4. The van der Waals surface area contributed by atoms with E-state index in [1.54, 1.807) is 11.0 Å². The molecule has 1 saturated heterocycles. The van der Waals surface area contributed by atoms with E-state index in [2.05, 4.69) is 5.32 Å². The molecule has 0 saturated carbocycles. The first-order valence-electron chi connectivity index (χ1n) is 7.03. The monoisotopic (exact) mass is 334 g/mol. The van der Waals surface area contributed by atoms with Gasteiger partial charge in [0.2, 0.25) is 11.8 Å². The van der Waals surface area contributed by atoms with Crippen LogP contribution in [0.2, 0.25) is 5.02 Å². The summed E-state index contributed by atoms with van der Waals surface area (Å²) in [7, 11) is 0. The summed E-state index contributed by atoms with van der Waals surface area (Å²) in [6.45, 7) is 0.562. The Bertz CT molecular complexity index is 687. The number of amides is 2. The maximum Gasteiger partial charge on any atom is 0.249 e. The Hall–Kier alpha value is -1.85. The summed E-state index contributed by atoms with van der Waals surface area (Å²) < 4.78 is 0. The van der Waals surface area contributed by atoms with Gasteiger partial charge < -0.3 is 10.2 Å². The smallest absolute Gasteiger partial charge is 0.249 e. The zero-order valence-corrected chi connectivity index (χ0v) is 13.4. The van der Waals surface area contributed by atoms with Gasteiger partial charge in [0, 0.05) is 11.4 Å². The maximum absolute atomic E-state index is 12.5. The molecule has 2 amide bonds. The van der Waals surface area contributed by atoms with Crippen LogP contribution in [0.1, 0.15) is 11.3 Å². The average Bonchev–Trinajstić information content (AvgIpc) is 3.11. The topological polar surface area (TPSA) is 49.4 Å². The summed E-state index contributed by atoms with van der Waals surface area (Å²) in [5.41, 5.74) is 0.698. The van der Waals surface area contributed by atoms with Crippen LogP contribution in [-0.2, 0) is 16.0 Å². The van der Waals surface area contributed by atoms with Gasteiger partial charge in [0.25, 0.3) is 0 Å². The fourth-order valence-corrected chi connectivity index (χ4v) is 3.48. The molecule has 22 heavy (non-hydrogen) atoms. The number of carbonyl (C=O) groups excluding carboxylic acids is 2. The number of hydrogen-bond donors (Lipinski definition) is 1. The van der Waals surface area contributed by atoms with Gasteiger partial charge in [-0.15, -0.1) is 11.3 Å². The van der Waals surface area contributed by atoms with Gasteiger partial charge in [0.1, 0.15) is 6.04 Å². The molecule has 2 heterocycles. The highest BCUT2D eigenvalue weighted by Crippen LogP contribution is 2.29. The number of nitrogens with zero attached hydrogens (tertiary/aromatic N) is 1. The molecule has 0 radical (unpaired) electrons. The largest absolute Gasteiger partial charge is 0.344 e. The molecule has 1 aliphatic rings. The third-order valence-corrected chi connectivity index (χ3v) is 4.79. The van der Waals surface area contributed by atoms with Crippen molar-refractivity contribution in [3.05, 3.63) is 51.7 Å². The fraction of sp³-hybridized carbons (Fsp3) is 0.250. The molecular weight excluding hydrogens is 320 g/mol. The molecular formula is C16H15ClN2O2S. The Morgan fingerprint density at radius 2 is 2.14 bits per heavy atom. The van der Waals surface area contributed by atoms with Crippen LogP contribution in [0, 0.1) is 0 Å². The Labute approximate surface area is 137 Å². The van der Waals surface area contributed by atoms with Crippen molar-refractivity contribution in [1.29, 1.82) is 0 Å². The van der Waals surface area contributed by atoms with Gasteiger partial charge in [-0.2, -0.15) is 0 Å². The van der Waals surface area contributed by atoms with Crippen LogP contribution in [0.3, 0.4) is 0 Å². The SMILES string of the molecule is O=C(Cc1cccs1)N[C@@H]1CCN(c2ccccc2Cl)C1=O. The van der Waals surface area contributed by atoms with E-state index >= 15 is 0 Å². The highest BCUT2D eigenvalue weighted by molar-refractivity contribution is 7.10. The summed E-state index contributed by atoms with van der Waals surface area (Å²) in [6.07, 6.45) is 0.910. The Morgan fingerprint density at radius 1 is 1.32 bits per heavy atom. The lowest BCUT2D eigenvalue weighted by Gasteiger charge is -2.18. The van der Waals surface area contributed by atoms with Crippen molar-refractivity contribution in [1.82, 2.24) is 5.32 Å². The lowest BCUT2D eigenvalue weighted by Crippen LogP contribution is -2.42. The van der Waals surface area contributed by atoms with Gasteiger partial charge >= 0.3 is 0 Å². The quantitative estimate of drug-likeness (QED) is 0.934. The van der Waals surface area contributed by atoms with E-state index in [-0.39, 0.29) is 11.8 Å². The molecule has 1 aromatic carbocycles. The normalized spacial score (nSPS) is 17.8. The summed E-state index contributed by atoms with van der Waals surface area (Å²) in [4.78, 5) is 27.1. The third-order valence-electron chi connectivity index (χ3n) is 3.60. The van der Waals surface area contributed by atoms with E-state index in [1.807, 2.05) is 35.7 Å². The van der Waals surface area contributed by atoms with Crippen molar-refractivity contribution >= 4 is 40.4 Å². The minimum Gasteiger partial charge on any atom is -0.344 e. The molecule has 0 bridgehead atoms. The average molecular weight is 335 g/mol. The van der Waals surface area contributed by atoms with Crippen LogP contribution < -0.4 is 10.2 Å². The first-order valence-corrected chi connectivity index (χ1v) is 8.28. The van der Waals surface area contributed by atoms with Crippen molar-refractivity contribution in [3.63, 3.8) is 0 Å². The van der Waals surface area contributed by atoms with Crippen molar-refractivity contribution in [2.75, 3.05) is 11.4 Å². The van der Waals surface area contributed by atoms with Gasteiger partial charge in [0.05, 0.1) is 17.1 Å². The molecule has 0 spiro atoms. The lowest BCUT2D eigenvalue weighted by atomic mass is 10.2. The lowest BCUT2D eigenvalue weighted by molar-refractivity contribution is -0.126. The van der Waals surface area contributed by atoms with Crippen molar-refractivity contribution < 1.29 is 9.59 Å². The molecule has 6 heteroatoms. The van der Waals surface area contributed by atoms with E-state index in [0.29, 0.717) is 30.1 Å². The Kier molecular flexibility index (Phi) is 4.45. The number of anilines is 1. The highest BCUT2D eigenvalue weighted by atomic mass is 35.5. The number of para-hydroxylation sites is 1. The van der Waals surface area contributed by atoms with Crippen LogP contribution in [-0.4, -0.2) is 24.4 Å². The summed E-state index contributed by atoms with van der Waals surface area (Å²) >= 11 is 7.67. The molecule has 1 N–H and O–H groups in total. The molecule has 0 unspecified atom stereocenters. The summed E-state index contributed by atoms with van der Waals surface area (Å²) in [5.74, 6) is -0.227. The highest BCUT2D eigenvalue weighted by Gasteiger charge is 2.34. The van der Waals surface area contributed by atoms with Crippen LogP contribution in [0.15, 0.2) is 41.8 Å². The number of hydrogen-bond acceptors (Lipinski definition) is 3. The second-order valence-electron chi connectivity index (χ2n) is 5.11. The van der Waals surface area contributed by atoms with Crippen molar-refractivity contribution in [3.8, 4) is 0 Å². The predicted molar refractivity (Wildman–Crippen MR) is 88.4 cm³/mol. The molecule has 2 aromatic rings.